The van der Waals surface area contributed by atoms with Crippen LogP contribution in [0.15, 0.2) is 33.9 Å². The molecule has 0 aliphatic heterocycles. The van der Waals surface area contributed by atoms with Crippen molar-refractivity contribution < 1.29 is 4.79 Å². The summed E-state index contributed by atoms with van der Waals surface area (Å²) in [7, 11) is 0. The summed E-state index contributed by atoms with van der Waals surface area (Å²) in [6.45, 7) is 9.28. The Morgan fingerprint density at radius 2 is 1.80 bits per heavy atom. The molecule has 1 aromatic carbocycles. The number of nitrogen functional groups attached to an aromatic ring is 1. The molecule has 30 heavy (non-hydrogen) atoms. The molecule has 7 heteroatoms. The number of nitrogens with zero attached hydrogens (tertiary/aromatic N) is 2. The Morgan fingerprint density at radius 3 is 2.33 bits per heavy atom. The second kappa shape index (κ2) is 9.00. The van der Waals surface area contributed by atoms with Crippen LogP contribution < -0.4 is 17.0 Å². The first-order chi connectivity index (χ1) is 14.2. The van der Waals surface area contributed by atoms with Crippen molar-refractivity contribution in [3.8, 4) is 0 Å². The highest BCUT2D eigenvalue weighted by Gasteiger charge is 2.32. The molecule has 1 heterocycles. The average molecular weight is 413 g/mol. The molecular formula is C23H32N4O3. The van der Waals surface area contributed by atoms with Gasteiger partial charge < -0.3 is 5.73 Å². The number of Topliss-reactive ketones (excluding diaryl/α,β-unsaturated/α-hetero) is 1. The zero-order chi connectivity index (χ0) is 22.0. The van der Waals surface area contributed by atoms with E-state index in [9.17, 15) is 14.4 Å². The quantitative estimate of drug-likeness (QED) is 0.617. The molecule has 0 bridgehead atoms. The first kappa shape index (κ1) is 22.0. The third kappa shape index (κ3) is 5.08. The van der Waals surface area contributed by atoms with E-state index in [-0.39, 0.29) is 29.6 Å². The molecule has 0 amide bonds. The molecule has 0 atom stereocenters. The Labute approximate surface area is 176 Å². The minimum atomic E-state index is -0.709. The van der Waals surface area contributed by atoms with Gasteiger partial charge in [0, 0.05) is 19.1 Å². The number of hydrogen-bond donors (Lipinski definition) is 2. The van der Waals surface area contributed by atoms with E-state index in [1.807, 2.05) is 13.8 Å². The lowest BCUT2D eigenvalue weighted by Gasteiger charge is -2.22. The number of nitrogens with two attached hydrogens (primary N) is 1. The molecule has 1 saturated carbocycles. The van der Waals surface area contributed by atoms with Crippen LogP contribution in [0.5, 0.6) is 0 Å². The molecule has 3 N–H and O–H groups in total. The highest BCUT2D eigenvalue weighted by atomic mass is 16.2. The van der Waals surface area contributed by atoms with Crippen molar-refractivity contribution in [1.82, 2.24) is 14.5 Å². The molecule has 2 aromatic rings. The zero-order valence-corrected chi connectivity index (χ0v) is 18.3. The number of hydrogen-bond acceptors (Lipinski definition) is 5. The van der Waals surface area contributed by atoms with E-state index < -0.39 is 11.2 Å². The van der Waals surface area contributed by atoms with Gasteiger partial charge in [-0.25, -0.2) is 4.79 Å². The van der Waals surface area contributed by atoms with E-state index in [2.05, 4.69) is 48.0 Å². The second-order valence-electron chi connectivity index (χ2n) is 8.98. The van der Waals surface area contributed by atoms with Crippen molar-refractivity contribution in [3.05, 3.63) is 61.8 Å². The summed E-state index contributed by atoms with van der Waals surface area (Å²) in [4.78, 5) is 41.9. The van der Waals surface area contributed by atoms with Crippen molar-refractivity contribution >= 4 is 11.6 Å². The topological polar surface area (TPSA) is 101 Å². The van der Waals surface area contributed by atoms with E-state index in [0.29, 0.717) is 25.0 Å². The van der Waals surface area contributed by atoms with Gasteiger partial charge in [0.15, 0.2) is 5.78 Å². The number of carbonyl (C=O) groups is 1. The number of ketones is 1. The van der Waals surface area contributed by atoms with E-state index in [1.165, 1.54) is 10.1 Å². The summed E-state index contributed by atoms with van der Waals surface area (Å²) in [5.41, 5.74) is 7.11. The van der Waals surface area contributed by atoms with Gasteiger partial charge in [-0.15, -0.1) is 0 Å². The molecular weight excluding hydrogens is 380 g/mol. The van der Waals surface area contributed by atoms with Crippen molar-refractivity contribution in [3.63, 3.8) is 0 Å². The number of anilines is 1. The fraction of sp³-hybridized carbons (Fsp3) is 0.522. The fourth-order valence-electron chi connectivity index (χ4n) is 3.66. The standard InChI is InChI=1S/C23H32N4O3/c1-14(2)11-27-21(24)20(22(29)25-23(27)30)19(28)13-26(18-9-10-18)12-16-5-7-17(8-6-16)15(3)4/h5-8,14-15,18H,9-13,24H2,1-4H3,(H,25,29,30). The molecule has 162 valence electrons. The first-order valence-corrected chi connectivity index (χ1v) is 10.7. The van der Waals surface area contributed by atoms with Gasteiger partial charge in [-0.2, -0.15) is 0 Å². The predicted molar refractivity (Wildman–Crippen MR) is 119 cm³/mol. The van der Waals surface area contributed by atoms with Crippen LogP contribution in [0.25, 0.3) is 0 Å². The zero-order valence-electron chi connectivity index (χ0n) is 18.3. The molecule has 0 saturated heterocycles. The number of aromatic nitrogens is 2. The van der Waals surface area contributed by atoms with Gasteiger partial charge in [-0.05, 0) is 35.8 Å². The summed E-state index contributed by atoms with van der Waals surface area (Å²) in [6.07, 6.45) is 2.08. The lowest BCUT2D eigenvalue weighted by atomic mass is 10.0. The second-order valence-corrected chi connectivity index (χ2v) is 8.98. The van der Waals surface area contributed by atoms with Crippen LogP contribution in [-0.4, -0.2) is 32.8 Å². The lowest BCUT2D eigenvalue weighted by molar-refractivity contribution is 0.0917. The maximum atomic E-state index is 13.1. The first-order valence-electron chi connectivity index (χ1n) is 10.7. The number of nitrogens with one attached hydrogen (secondary N) is 1. The maximum Gasteiger partial charge on any atom is 0.329 e. The number of benzene rings is 1. The molecule has 7 nitrogen and oxygen atoms in total. The van der Waals surface area contributed by atoms with E-state index >= 15 is 0 Å². The van der Waals surface area contributed by atoms with Crippen LogP contribution in [0.4, 0.5) is 5.82 Å². The molecule has 3 rings (SSSR count). The van der Waals surface area contributed by atoms with Crippen molar-refractivity contribution in [2.45, 2.75) is 65.6 Å². The predicted octanol–water partition coefficient (Wildman–Crippen LogP) is 2.75. The van der Waals surface area contributed by atoms with Crippen LogP contribution >= 0.6 is 0 Å². The molecule has 1 aromatic heterocycles. The molecule has 0 radical (unpaired) electrons. The number of carbonyl (C=O) groups excluding carboxylic acids is 1. The average Bonchev–Trinajstić information content (AvgIpc) is 3.50. The minimum absolute atomic E-state index is 0.0421. The van der Waals surface area contributed by atoms with E-state index in [4.69, 9.17) is 5.73 Å². The smallest absolute Gasteiger partial charge is 0.329 e. The van der Waals surface area contributed by atoms with Gasteiger partial charge in [0.25, 0.3) is 5.56 Å². The normalized spacial score (nSPS) is 14.1. The SMILES string of the molecule is CC(C)Cn1c(N)c(C(=O)CN(Cc2ccc(C(C)C)cc2)C2CC2)c(=O)[nH]c1=O. The van der Waals surface area contributed by atoms with Crippen molar-refractivity contribution in [2.24, 2.45) is 5.92 Å². The maximum absolute atomic E-state index is 13.1. The van der Waals surface area contributed by atoms with E-state index in [1.54, 1.807) is 0 Å². The summed E-state index contributed by atoms with van der Waals surface area (Å²) >= 11 is 0. The minimum Gasteiger partial charge on any atom is -0.384 e. The van der Waals surface area contributed by atoms with Crippen LogP contribution in [-0.2, 0) is 13.1 Å². The Kier molecular flexibility index (Phi) is 6.61. The third-order valence-electron chi connectivity index (χ3n) is 5.51. The monoisotopic (exact) mass is 412 g/mol. The third-order valence-corrected chi connectivity index (χ3v) is 5.51. The van der Waals surface area contributed by atoms with Gasteiger partial charge in [0.1, 0.15) is 11.4 Å². The van der Waals surface area contributed by atoms with Crippen LogP contribution in [0.1, 0.15) is 67.9 Å². The van der Waals surface area contributed by atoms with Gasteiger partial charge in [0.2, 0.25) is 0 Å². The van der Waals surface area contributed by atoms with Crippen molar-refractivity contribution in [1.29, 1.82) is 0 Å². The van der Waals surface area contributed by atoms with Gasteiger partial charge >= 0.3 is 5.69 Å². The molecule has 1 fully saturated rings. The van der Waals surface area contributed by atoms with Crippen LogP contribution in [0.3, 0.4) is 0 Å². The highest BCUT2D eigenvalue weighted by Crippen LogP contribution is 2.29. The molecule has 0 unspecified atom stereocenters. The summed E-state index contributed by atoms with van der Waals surface area (Å²) in [5, 5.41) is 0. The lowest BCUT2D eigenvalue weighted by Crippen LogP contribution is -2.40. The largest absolute Gasteiger partial charge is 0.384 e. The number of H-pyrrole nitrogens is 1. The number of rotatable bonds is 9. The summed E-state index contributed by atoms with van der Waals surface area (Å²) in [5.74, 6) is 0.225. The van der Waals surface area contributed by atoms with Gasteiger partial charge in [-0.1, -0.05) is 52.0 Å². The Morgan fingerprint density at radius 1 is 1.17 bits per heavy atom. The highest BCUT2D eigenvalue weighted by molar-refractivity contribution is 6.01. The molecule has 0 spiro atoms. The van der Waals surface area contributed by atoms with Crippen LogP contribution in [0, 0.1) is 5.92 Å². The van der Waals surface area contributed by atoms with Gasteiger partial charge in [0.05, 0.1) is 6.54 Å². The molecule has 1 aliphatic carbocycles. The summed E-state index contributed by atoms with van der Waals surface area (Å²) in [6, 6.07) is 8.77. The van der Waals surface area contributed by atoms with Crippen LogP contribution in [0.2, 0.25) is 0 Å². The van der Waals surface area contributed by atoms with E-state index in [0.717, 1.165) is 18.4 Å². The van der Waals surface area contributed by atoms with Crippen molar-refractivity contribution in [2.75, 3.05) is 12.3 Å². The Hall–Kier alpha value is -2.67. The Balaban J connectivity index is 1.82. The number of aromatic amines is 1. The van der Waals surface area contributed by atoms with Gasteiger partial charge in [-0.3, -0.25) is 24.0 Å². The molecule has 1 aliphatic rings. The fourth-order valence-corrected chi connectivity index (χ4v) is 3.66. The summed E-state index contributed by atoms with van der Waals surface area (Å²) < 4.78 is 1.28. The Bertz CT molecular complexity index is 1010.